The first-order valence-corrected chi connectivity index (χ1v) is 14.2. The number of benzene rings is 3. The number of carbonyl (C=O) groups is 1. The normalized spacial score (nSPS) is 14.7. The molecule has 3 aromatic carbocycles. The number of aromatic carboxylic acids is 1. The number of hydrogen-bond acceptors (Lipinski definition) is 6. The van der Waals surface area contributed by atoms with Gasteiger partial charge < -0.3 is 23.6 Å². The number of rotatable bonds is 9. The number of carboxylic acids is 1. The predicted molar refractivity (Wildman–Crippen MR) is 159 cm³/mol. The number of hydrogen-bond donors (Lipinski definition) is 1. The number of furan rings is 1. The van der Waals surface area contributed by atoms with Gasteiger partial charge in [-0.1, -0.05) is 29.8 Å². The molecule has 43 heavy (non-hydrogen) atoms. The van der Waals surface area contributed by atoms with Crippen LogP contribution in [-0.4, -0.2) is 38.3 Å². The Balaban J connectivity index is 1.12. The van der Waals surface area contributed by atoms with Gasteiger partial charge in [0.05, 0.1) is 46.2 Å². The van der Waals surface area contributed by atoms with Crippen LogP contribution < -0.4 is 4.74 Å². The first-order valence-electron chi connectivity index (χ1n) is 13.8. The van der Waals surface area contributed by atoms with Gasteiger partial charge in [0, 0.05) is 35.6 Å². The molecule has 1 fully saturated rings. The van der Waals surface area contributed by atoms with E-state index in [0.717, 1.165) is 28.5 Å². The van der Waals surface area contributed by atoms with Gasteiger partial charge in [0.1, 0.15) is 23.8 Å². The van der Waals surface area contributed by atoms with Crippen molar-refractivity contribution < 1.29 is 28.2 Å². The third-order valence-electron chi connectivity index (χ3n) is 7.67. The molecule has 10 heteroatoms. The van der Waals surface area contributed by atoms with Gasteiger partial charge in [0.25, 0.3) is 0 Å². The number of pyridine rings is 1. The van der Waals surface area contributed by atoms with Crippen molar-refractivity contribution in [1.82, 2.24) is 14.5 Å². The summed E-state index contributed by atoms with van der Waals surface area (Å²) in [5.41, 5.74) is 4.57. The van der Waals surface area contributed by atoms with Crippen LogP contribution in [0.5, 0.6) is 5.88 Å². The van der Waals surface area contributed by atoms with Gasteiger partial charge in [0.2, 0.25) is 5.88 Å². The molecule has 1 saturated heterocycles. The van der Waals surface area contributed by atoms with Gasteiger partial charge in [-0.25, -0.2) is 19.2 Å². The summed E-state index contributed by atoms with van der Waals surface area (Å²) in [4.78, 5) is 20.9. The molecule has 216 valence electrons. The van der Waals surface area contributed by atoms with Crippen molar-refractivity contribution in [3.8, 4) is 17.1 Å². The van der Waals surface area contributed by atoms with E-state index in [2.05, 4.69) is 4.98 Å². The molecule has 0 bridgehead atoms. The van der Waals surface area contributed by atoms with Crippen LogP contribution in [0.25, 0.3) is 33.3 Å². The highest BCUT2D eigenvalue weighted by atomic mass is 35.5. The Morgan fingerprint density at radius 3 is 2.77 bits per heavy atom. The number of halogens is 2. The minimum Gasteiger partial charge on any atom is -0.478 e. The minimum atomic E-state index is -1.00. The highest BCUT2D eigenvalue weighted by Crippen LogP contribution is 2.30. The summed E-state index contributed by atoms with van der Waals surface area (Å²) in [6.45, 7) is 1.46. The summed E-state index contributed by atoms with van der Waals surface area (Å²) in [6, 6.07) is 20.6. The lowest BCUT2D eigenvalue weighted by molar-refractivity contribution is -0.0589. The molecule has 0 spiro atoms. The fourth-order valence-electron chi connectivity index (χ4n) is 5.33. The lowest BCUT2D eigenvalue weighted by atomic mass is 10.1. The first-order chi connectivity index (χ1) is 20.9. The van der Waals surface area contributed by atoms with Gasteiger partial charge in [-0.2, -0.15) is 0 Å². The zero-order valence-electron chi connectivity index (χ0n) is 22.8. The fraction of sp³-hybridized carbons (Fsp3) is 0.182. The lowest BCUT2D eigenvalue weighted by Crippen LogP contribution is -2.31. The van der Waals surface area contributed by atoms with E-state index in [1.54, 1.807) is 54.8 Å². The first kappa shape index (κ1) is 27.1. The summed E-state index contributed by atoms with van der Waals surface area (Å²) < 4.78 is 34.6. The lowest BCUT2D eigenvalue weighted by Gasteiger charge is -2.27. The minimum absolute atomic E-state index is 0.0362. The molecule has 7 rings (SSSR count). The van der Waals surface area contributed by atoms with Gasteiger partial charge in [-0.05, 0) is 60.5 Å². The van der Waals surface area contributed by atoms with Crippen molar-refractivity contribution in [3.05, 3.63) is 112 Å². The zero-order chi connectivity index (χ0) is 29.5. The number of imidazole rings is 1. The molecule has 1 aliphatic heterocycles. The SMILES string of the molecule is O=C(O)c1ccc2nc(Cc3ccc(-c4cccc(OCc5ccc(Cl)c6ccoc56)n4)c(F)c3)n(C[C@@H]3CCO3)c2c1. The van der Waals surface area contributed by atoms with Crippen molar-refractivity contribution in [2.75, 3.05) is 6.61 Å². The number of aromatic nitrogens is 3. The predicted octanol–water partition coefficient (Wildman–Crippen LogP) is 7.29. The topological polar surface area (TPSA) is 99.6 Å². The highest BCUT2D eigenvalue weighted by Gasteiger charge is 2.23. The van der Waals surface area contributed by atoms with E-state index in [1.165, 1.54) is 12.1 Å². The van der Waals surface area contributed by atoms with Crippen molar-refractivity contribution in [1.29, 1.82) is 0 Å². The van der Waals surface area contributed by atoms with Gasteiger partial charge in [-0.3, -0.25) is 0 Å². The average molecular weight is 598 g/mol. The molecule has 0 unspecified atom stereocenters. The quantitative estimate of drug-likeness (QED) is 0.187. The Morgan fingerprint density at radius 2 is 1.98 bits per heavy atom. The molecular weight excluding hydrogens is 573 g/mol. The summed E-state index contributed by atoms with van der Waals surface area (Å²) in [6.07, 6.45) is 2.90. The fourth-order valence-corrected chi connectivity index (χ4v) is 5.54. The maximum absolute atomic E-state index is 15.5. The summed E-state index contributed by atoms with van der Waals surface area (Å²) in [7, 11) is 0. The monoisotopic (exact) mass is 597 g/mol. The van der Waals surface area contributed by atoms with E-state index in [0.29, 0.717) is 58.7 Å². The Labute approximate surface area is 250 Å². The van der Waals surface area contributed by atoms with Crippen LogP contribution in [0.15, 0.2) is 83.5 Å². The van der Waals surface area contributed by atoms with Crippen molar-refractivity contribution in [2.24, 2.45) is 0 Å². The molecular formula is C33H25ClFN3O5. The third-order valence-corrected chi connectivity index (χ3v) is 8.00. The molecule has 1 aliphatic rings. The molecule has 0 saturated carbocycles. The van der Waals surface area contributed by atoms with Crippen LogP contribution in [-0.2, 0) is 24.3 Å². The molecule has 1 atom stereocenters. The second-order valence-corrected chi connectivity index (χ2v) is 10.8. The van der Waals surface area contributed by atoms with E-state index in [-0.39, 0.29) is 18.3 Å². The van der Waals surface area contributed by atoms with Gasteiger partial charge in [-0.15, -0.1) is 0 Å². The third kappa shape index (κ3) is 5.33. The van der Waals surface area contributed by atoms with Crippen LogP contribution >= 0.6 is 11.6 Å². The highest BCUT2D eigenvalue weighted by molar-refractivity contribution is 6.35. The van der Waals surface area contributed by atoms with Gasteiger partial charge in [0.15, 0.2) is 0 Å². The number of carboxylic acid groups (broad SMARTS) is 1. The number of fused-ring (bicyclic) bond motifs is 2. The molecule has 8 nitrogen and oxygen atoms in total. The summed E-state index contributed by atoms with van der Waals surface area (Å²) in [5.74, 6) is -0.364. The second-order valence-electron chi connectivity index (χ2n) is 10.4. The standard InChI is InChI=1S/C33H25ClFN3O5/c34-25-8-5-21(32-23(25)11-13-42-32)18-43-31-3-1-2-27(37-31)24-7-4-19(14-26(24)35)15-30-36-28-9-6-20(33(39)40)16-29(28)38(30)17-22-10-12-41-22/h1-9,11,13-14,16,22H,10,12,15,17-18H2,(H,39,40)/t22-/m0/s1. The van der Waals surface area contributed by atoms with E-state index in [1.807, 2.05) is 16.7 Å². The Morgan fingerprint density at radius 1 is 1.09 bits per heavy atom. The van der Waals surface area contributed by atoms with E-state index in [9.17, 15) is 9.90 Å². The summed E-state index contributed by atoms with van der Waals surface area (Å²) in [5, 5.41) is 10.9. The number of nitrogens with zero attached hydrogens (tertiary/aromatic N) is 3. The molecule has 4 heterocycles. The molecule has 0 aliphatic carbocycles. The van der Waals surface area contributed by atoms with Crippen molar-refractivity contribution in [3.63, 3.8) is 0 Å². The van der Waals surface area contributed by atoms with Crippen molar-refractivity contribution in [2.45, 2.75) is 32.1 Å². The van der Waals surface area contributed by atoms with Crippen LogP contribution in [0.4, 0.5) is 4.39 Å². The zero-order valence-corrected chi connectivity index (χ0v) is 23.6. The molecule has 3 aromatic heterocycles. The van der Waals surface area contributed by atoms with Gasteiger partial charge >= 0.3 is 5.97 Å². The summed E-state index contributed by atoms with van der Waals surface area (Å²) >= 11 is 6.24. The largest absolute Gasteiger partial charge is 0.478 e. The maximum atomic E-state index is 15.5. The van der Waals surface area contributed by atoms with Crippen LogP contribution in [0.3, 0.4) is 0 Å². The molecule has 0 radical (unpaired) electrons. The second kappa shape index (κ2) is 11.2. The van der Waals surface area contributed by atoms with Crippen LogP contribution in [0.1, 0.15) is 33.7 Å². The van der Waals surface area contributed by atoms with Crippen LogP contribution in [0.2, 0.25) is 5.02 Å². The number of ether oxygens (including phenoxy) is 2. The van der Waals surface area contributed by atoms with Crippen molar-refractivity contribution >= 4 is 39.6 Å². The Kier molecular flexibility index (Phi) is 7.04. The van der Waals surface area contributed by atoms with Crippen LogP contribution in [0, 0.1) is 5.82 Å². The van der Waals surface area contributed by atoms with E-state index < -0.39 is 11.8 Å². The maximum Gasteiger partial charge on any atom is 0.335 e. The molecule has 6 aromatic rings. The van der Waals surface area contributed by atoms with E-state index in [4.69, 9.17) is 30.5 Å². The Bertz CT molecular complexity index is 2000. The average Bonchev–Trinajstić information content (AvgIpc) is 3.60. The smallest absolute Gasteiger partial charge is 0.335 e. The molecule has 1 N–H and O–H groups in total. The van der Waals surface area contributed by atoms with E-state index >= 15 is 4.39 Å². The molecule has 0 amide bonds. The Hall–Kier alpha value is -4.73.